The van der Waals surface area contributed by atoms with Gasteiger partial charge in [-0.3, -0.25) is 0 Å². The minimum absolute atomic E-state index is 0.239. The van der Waals surface area contributed by atoms with E-state index in [0.717, 1.165) is 16.9 Å². The van der Waals surface area contributed by atoms with E-state index in [1.54, 1.807) is 12.1 Å². The fourth-order valence-electron chi connectivity index (χ4n) is 2.33. The lowest BCUT2D eigenvalue weighted by molar-refractivity contribution is 0.0697. The van der Waals surface area contributed by atoms with Gasteiger partial charge in [0, 0.05) is 0 Å². The van der Waals surface area contributed by atoms with Crippen LogP contribution in [0.1, 0.15) is 21.5 Å². The molecule has 0 heterocycles. The first-order valence-corrected chi connectivity index (χ1v) is 7.92. The number of carboxylic acid groups (broad SMARTS) is 1. The van der Waals surface area contributed by atoms with Gasteiger partial charge in [0.05, 0.1) is 5.56 Å². The second kappa shape index (κ2) is 8.02. The van der Waals surface area contributed by atoms with Crippen LogP contribution in [0, 0.1) is 0 Å². The molecule has 0 aromatic heterocycles. The quantitative estimate of drug-likeness (QED) is 0.689. The summed E-state index contributed by atoms with van der Waals surface area (Å²) in [4.78, 5) is 10.8. The first-order chi connectivity index (χ1) is 12.2. The van der Waals surface area contributed by atoms with Crippen molar-refractivity contribution < 1.29 is 19.4 Å². The van der Waals surface area contributed by atoms with Crippen LogP contribution in [0.25, 0.3) is 0 Å². The van der Waals surface area contributed by atoms with E-state index in [1.807, 2.05) is 54.6 Å². The van der Waals surface area contributed by atoms with Gasteiger partial charge in [0.1, 0.15) is 24.7 Å². The van der Waals surface area contributed by atoms with E-state index in [-0.39, 0.29) is 5.56 Å². The lowest BCUT2D eigenvalue weighted by Crippen LogP contribution is -1.99. The minimum atomic E-state index is -0.949. The zero-order valence-corrected chi connectivity index (χ0v) is 13.6. The third-order valence-corrected chi connectivity index (χ3v) is 3.65. The standard InChI is InChI=1S/C21H18O4/c22-21(23)18-9-11-19(12-10-18)24-15-17-7-4-8-20(13-17)25-14-16-5-2-1-3-6-16/h1-13H,14-15H2,(H,22,23). The van der Waals surface area contributed by atoms with Crippen LogP contribution in [0.3, 0.4) is 0 Å². The van der Waals surface area contributed by atoms with Crippen molar-refractivity contribution in [2.75, 3.05) is 0 Å². The molecular formula is C21H18O4. The van der Waals surface area contributed by atoms with Crippen molar-refractivity contribution in [1.29, 1.82) is 0 Å². The molecular weight excluding hydrogens is 316 g/mol. The van der Waals surface area contributed by atoms with E-state index in [0.29, 0.717) is 19.0 Å². The van der Waals surface area contributed by atoms with Crippen LogP contribution in [0.2, 0.25) is 0 Å². The molecule has 3 aromatic rings. The molecule has 0 bridgehead atoms. The first-order valence-electron chi connectivity index (χ1n) is 7.92. The number of benzene rings is 3. The summed E-state index contributed by atoms with van der Waals surface area (Å²) >= 11 is 0. The Labute approximate surface area is 146 Å². The van der Waals surface area contributed by atoms with Gasteiger partial charge >= 0.3 is 5.97 Å². The summed E-state index contributed by atoms with van der Waals surface area (Å²) in [6.45, 7) is 0.900. The summed E-state index contributed by atoms with van der Waals surface area (Å²) < 4.78 is 11.5. The maximum absolute atomic E-state index is 10.8. The molecule has 3 rings (SSSR count). The Hall–Kier alpha value is -3.27. The first kappa shape index (κ1) is 16.6. The summed E-state index contributed by atoms with van der Waals surface area (Å²) in [5, 5.41) is 8.89. The van der Waals surface area contributed by atoms with Gasteiger partial charge in [-0.15, -0.1) is 0 Å². The van der Waals surface area contributed by atoms with E-state index >= 15 is 0 Å². The summed E-state index contributed by atoms with van der Waals surface area (Å²) in [7, 11) is 0. The van der Waals surface area contributed by atoms with Gasteiger partial charge < -0.3 is 14.6 Å². The zero-order chi connectivity index (χ0) is 17.5. The SMILES string of the molecule is O=C(O)c1ccc(OCc2cccc(OCc3ccccc3)c2)cc1. The van der Waals surface area contributed by atoms with Gasteiger partial charge in [0.25, 0.3) is 0 Å². The van der Waals surface area contributed by atoms with Crippen molar-refractivity contribution in [2.24, 2.45) is 0 Å². The van der Waals surface area contributed by atoms with Gasteiger partial charge in [0.2, 0.25) is 0 Å². The summed E-state index contributed by atoms with van der Waals surface area (Å²) in [6.07, 6.45) is 0. The van der Waals surface area contributed by atoms with Crippen LogP contribution in [0.4, 0.5) is 0 Å². The summed E-state index contributed by atoms with van der Waals surface area (Å²) in [6, 6.07) is 24.1. The summed E-state index contributed by atoms with van der Waals surface area (Å²) in [5.41, 5.74) is 2.33. The van der Waals surface area contributed by atoms with Crippen LogP contribution in [0.15, 0.2) is 78.9 Å². The molecule has 4 heteroatoms. The van der Waals surface area contributed by atoms with Crippen molar-refractivity contribution in [2.45, 2.75) is 13.2 Å². The molecule has 0 fully saturated rings. The lowest BCUT2D eigenvalue weighted by atomic mass is 10.2. The average Bonchev–Trinajstić information content (AvgIpc) is 2.66. The smallest absolute Gasteiger partial charge is 0.335 e. The Morgan fingerprint density at radius 2 is 1.36 bits per heavy atom. The van der Waals surface area contributed by atoms with Crippen molar-refractivity contribution in [3.8, 4) is 11.5 Å². The van der Waals surface area contributed by atoms with Crippen molar-refractivity contribution in [1.82, 2.24) is 0 Å². The second-order valence-corrected chi connectivity index (χ2v) is 5.54. The molecule has 0 aliphatic heterocycles. The Morgan fingerprint density at radius 1 is 0.720 bits per heavy atom. The monoisotopic (exact) mass is 334 g/mol. The third-order valence-electron chi connectivity index (χ3n) is 3.65. The molecule has 0 saturated heterocycles. The minimum Gasteiger partial charge on any atom is -0.489 e. The normalized spacial score (nSPS) is 10.2. The molecule has 0 aliphatic carbocycles. The second-order valence-electron chi connectivity index (χ2n) is 5.54. The number of rotatable bonds is 7. The van der Waals surface area contributed by atoms with Gasteiger partial charge in [0.15, 0.2) is 0 Å². The van der Waals surface area contributed by atoms with Crippen molar-refractivity contribution in [3.63, 3.8) is 0 Å². The molecule has 1 N–H and O–H groups in total. The molecule has 0 unspecified atom stereocenters. The molecule has 0 spiro atoms. The Bertz CT molecular complexity index is 826. The molecule has 0 amide bonds. The maximum Gasteiger partial charge on any atom is 0.335 e. The van der Waals surface area contributed by atoms with E-state index in [9.17, 15) is 4.79 Å². The summed E-state index contributed by atoms with van der Waals surface area (Å²) in [5.74, 6) is 0.460. The molecule has 3 aromatic carbocycles. The van der Waals surface area contributed by atoms with E-state index < -0.39 is 5.97 Å². The predicted molar refractivity (Wildman–Crippen MR) is 94.9 cm³/mol. The average molecular weight is 334 g/mol. The topological polar surface area (TPSA) is 55.8 Å². The van der Waals surface area contributed by atoms with Crippen LogP contribution in [-0.2, 0) is 13.2 Å². The lowest BCUT2D eigenvalue weighted by Gasteiger charge is -2.10. The highest BCUT2D eigenvalue weighted by Gasteiger charge is 2.03. The van der Waals surface area contributed by atoms with E-state index in [1.165, 1.54) is 12.1 Å². The predicted octanol–water partition coefficient (Wildman–Crippen LogP) is 4.54. The van der Waals surface area contributed by atoms with Crippen molar-refractivity contribution in [3.05, 3.63) is 95.6 Å². The highest BCUT2D eigenvalue weighted by Crippen LogP contribution is 2.18. The molecule has 4 nitrogen and oxygen atoms in total. The molecule has 0 atom stereocenters. The molecule has 0 saturated carbocycles. The van der Waals surface area contributed by atoms with Gasteiger partial charge in [-0.1, -0.05) is 42.5 Å². The molecule has 0 radical (unpaired) electrons. The molecule has 126 valence electrons. The van der Waals surface area contributed by atoms with Crippen LogP contribution >= 0.6 is 0 Å². The maximum atomic E-state index is 10.8. The van der Waals surface area contributed by atoms with E-state index in [4.69, 9.17) is 14.6 Å². The number of carboxylic acids is 1. The number of aromatic carboxylic acids is 1. The van der Waals surface area contributed by atoms with E-state index in [2.05, 4.69) is 0 Å². The Morgan fingerprint density at radius 3 is 2.08 bits per heavy atom. The third kappa shape index (κ3) is 4.85. The van der Waals surface area contributed by atoms with Crippen LogP contribution in [0.5, 0.6) is 11.5 Å². The number of carbonyl (C=O) groups is 1. The zero-order valence-electron chi connectivity index (χ0n) is 13.6. The largest absolute Gasteiger partial charge is 0.489 e. The van der Waals surface area contributed by atoms with Crippen LogP contribution < -0.4 is 9.47 Å². The van der Waals surface area contributed by atoms with Gasteiger partial charge in [-0.05, 0) is 47.5 Å². The molecule has 0 aliphatic rings. The number of hydrogen-bond donors (Lipinski definition) is 1. The highest BCUT2D eigenvalue weighted by atomic mass is 16.5. The van der Waals surface area contributed by atoms with Gasteiger partial charge in [-0.2, -0.15) is 0 Å². The van der Waals surface area contributed by atoms with Crippen molar-refractivity contribution >= 4 is 5.97 Å². The van der Waals surface area contributed by atoms with Crippen LogP contribution in [-0.4, -0.2) is 11.1 Å². The fraction of sp³-hybridized carbons (Fsp3) is 0.0952. The molecule has 25 heavy (non-hydrogen) atoms. The highest BCUT2D eigenvalue weighted by molar-refractivity contribution is 5.87. The van der Waals surface area contributed by atoms with Gasteiger partial charge in [-0.25, -0.2) is 4.79 Å². The number of ether oxygens (including phenoxy) is 2. The Balaban J connectivity index is 1.57. The number of hydrogen-bond acceptors (Lipinski definition) is 3. The Kier molecular flexibility index (Phi) is 5.32. The fourth-order valence-corrected chi connectivity index (χ4v) is 2.33.